The lowest BCUT2D eigenvalue weighted by Crippen LogP contribution is -2.30. The van der Waals surface area contributed by atoms with Crippen molar-refractivity contribution in [1.29, 1.82) is 0 Å². The summed E-state index contributed by atoms with van der Waals surface area (Å²) in [6.45, 7) is 2.04. The van der Waals surface area contributed by atoms with E-state index in [2.05, 4.69) is 15.8 Å². The van der Waals surface area contributed by atoms with E-state index in [-0.39, 0.29) is 18.3 Å². The number of benzene rings is 2. The molecule has 2 aromatic carbocycles. The molecule has 0 fully saturated rings. The molecule has 0 atom stereocenters. The van der Waals surface area contributed by atoms with Gasteiger partial charge in [0.2, 0.25) is 0 Å². The van der Waals surface area contributed by atoms with E-state index < -0.39 is 0 Å². The van der Waals surface area contributed by atoms with Crippen molar-refractivity contribution in [1.82, 2.24) is 5.43 Å². The molecule has 3 rings (SSSR count). The highest BCUT2D eigenvalue weighted by molar-refractivity contribution is 7.78. The third-order valence-electron chi connectivity index (χ3n) is 4.23. The van der Waals surface area contributed by atoms with Crippen molar-refractivity contribution in [2.45, 2.75) is 13.3 Å². The number of rotatable bonds is 5. The van der Waals surface area contributed by atoms with Crippen molar-refractivity contribution in [3.8, 4) is 11.5 Å². The molecule has 0 aromatic heterocycles. The summed E-state index contributed by atoms with van der Waals surface area (Å²) in [6, 6.07) is 10.8. The van der Waals surface area contributed by atoms with Crippen molar-refractivity contribution in [3.63, 3.8) is 0 Å². The Bertz CT molecular complexity index is 914. The molecule has 0 bridgehead atoms. The third kappa shape index (κ3) is 4.01. The number of aryl methyl sites for hydroxylation is 1. The molecule has 0 aliphatic carbocycles. The number of amidine groups is 1. The molecule has 8 heteroatoms. The summed E-state index contributed by atoms with van der Waals surface area (Å²) < 4.78 is 5.40. The Hall–Kier alpha value is -3.13. The first-order valence-corrected chi connectivity index (χ1v) is 8.90. The molecule has 0 saturated heterocycles. The summed E-state index contributed by atoms with van der Waals surface area (Å²) in [5.41, 5.74) is 6.93. The van der Waals surface area contributed by atoms with E-state index in [4.69, 9.17) is 17.0 Å². The summed E-state index contributed by atoms with van der Waals surface area (Å²) in [6.07, 6.45) is 0.826. The van der Waals surface area contributed by atoms with Gasteiger partial charge in [0.1, 0.15) is 11.5 Å². The first kappa shape index (κ1) is 18.7. The maximum Gasteiger partial charge on any atom is 0.262 e. The summed E-state index contributed by atoms with van der Waals surface area (Å²) in [5.74, 6) is 0.996. The van der Waals surface area contributed by atoms with Crippen LogP contribution in [-0.2, 0) is 11.2 Å². The van der Waals surface area contributed by atoms with Crippen LogP contribution in [0.1, 0.15) is 18.1 Å². The summed E-state index contributed by atoms with van der Waals surface area (Å²) in [4.78, 5) is 13.4. The third-order valence-corrected chi connectivity index (χ3v) is 4.34. The lowest BCUT2D eigenvalue weighted by atomic mass is 10.1. The number of carbonyl (C=O) groups is 1. The Morgan fingerprint density at radius 2 is 2.22 bits per heavy atom. The number of carbonyl (C=O) groups excluding carboxylic acids is 1. The first-order valence-electron chi connectivity index (χ1n) is 8.43. The predicted molar refractivity (Wildman–Crippen MR) is 110 cm³/mol. The molecule has 1 heterocycles. The molecule has 1 aliphatic heterocycles. The quantitative estimate of drug-likeness (QED) is 0.318. The zero-order chi connectivity index (χ0) is 19.4. The van der Waals surface area contributed by atoms with Gasteiger partial charge >= 0.3 is 0 Å². The van der Waals surface area contributed by atoms with E-state index in [1.807, 2.05) is 32.2 Å². The largest absolute Gasteiger partial charge is 0.507 e. The molecule has 0 saturated carbocycles. The van der Waals surface area contributed by atoms with Crippen LogP contribution in [0.5, 0.6) is 11.5 Å². The fourth-order valence-corrected chi connectivity index (χ4v) is 2.84. The number of hydrogen-bond donors (Lipinski definition) is 3. The zero-order valence-corrected chi connectivity index (χ0v) is 15.8. The van der Waals surface area contributed by atoms with Gasteiger partial charge in [0.05, 0.1) is 16.7 Å². The van der Waals surface area contributed by atoms with Crippen molar-refractivity contribution >= 4 is 40.8 Å². The van der Waals surface area contributed by atoms with Crippen molar-refractivity contribution < 1.29 is 14.6 Å². The second-order valence-corrected chi connectivity index (χ2v) is 6.20. The van der Waals surface area contributed by atoms with E-state index >= 15 is 0 Å². The molecule has 0 radical (unpaired) electrons. The number of hydrazone groups is 1. The highest BCUT2D eigenvalue weighted by atomic mass is 32.1. The average molecular weight is 384 g/mol. The van der Waals surface area contributed by atoms with Crippen molar-refractivity contribution in [3.05, 3.63) is 47.5 Å². The number of amides is 1. The van der Waals surface area contributed by atoms with Gasteiger partial charge < -0.3 is 20.1 Å². The lowest BCUT2D eigenvalue weighted by Gasteiger charge is -2.25. The number of thiocarbonyl (C=S) groups is 1. The Labute approximate surface area is 162 Å². The predicted octanol–water partition coefficient (Wildman–Crippen LogP) is 2.63. The van der Waals surface area contributed by atoms with Crippen LogP contribution in [0.4, 0.5) is 11.4 Å². The van der Waals surface area contributed by atoms with Crippen molar-refractivity contribution in [2.24, 2.45) is 5.10 Å². The Kier molecular flexibility index (Phi) is 5.56. The Morgan fingerprint density at radius 1 is 1.41 bits per heavy atom. The lowest BCUT2D eigenvalue weighted by molar-refractivity contribution is -0.118. The SMILES string of the molecule is CCc1ccc(O)c(/C(=N/NC=S)N(C)c2ccc3c(c2)NC(=O)CO3)c1. The van der Waals surface area contributed by atoms with Gasteiger partial charge in [-0.15, -0.1) is 0 Å². The van der Waals surface area contributed by atoms with Gasteiger partial charge in [0.15, 0.2) is 12.4 Å². The summed E-state index contributed by atoms with van der Waals surface area (Å²) >= 11 is 4.81. The van der Waals surface area contributed by atoms with E-state index in [9.17, 15) is 9.90 Å². The molecule has 2 aromatic rings. The van der Waals surface area contributed by atoms with Crippen LogP contribution < -0.4 is 20.4 Å². The second-order valence-electron chi connectivity index (χ2n) is 5.96. The van der Waals surface area contributed by atoms with Gasteiger partial charge in [0, 0.05) is 12.7 Å². The van der Waals surface area contributed by atoms with Crippen LogP contribution in [0.3, 0.4) is 0 Å². The Balaban J connectivity index is 2.02. The van der Waals surface area contributed by atoms with Gasteiger partial charge in [-0.2, -0.15) is 5.10 Å². The molecule has 1 amide bonds. The average Bonchev–Trinajstić information content (AvgIpc) is 2.68. The number of nitrogens with one attached hydrogen (secondary N) is 2. The van der Waals surface area contributed by atoms with E-state index in [0.29, 0.717) is 22.8 Å². The fraction of sp³-hybridized carbons (Fsp3) is 0.211. The fourth-order valence-electron chi connectivity index (χ4n) is 2.79. The number of fused-ring (bicyclic) bond motifs is 1. The van der Waals surface area contributed by atoms with Gasteiger partial charge in [-0.05, 0) is 42.3 Å². The standard InChI is InChI=1S/C19H20N4O3S/c1-3-12-4-6-16(24)14(8-12)19(22-20-11-27)23(2)13-5-7-17-15(9-13)21-18(25)10-26-17/h4-9,11,24H,3,10H2,1-2H3,(H,20,27)(H,21,25)/b22-19-. The number of hydrogen-bond acceptors (Lipinski definition) is 5. The van der Waals surface area contributed by atoms with Crippen LogP contribution >= 0.6 is 12.2 Å². The molecule has 27 heavy (non-hydrogen) atoms. The zero-order valence-electron chi connectivity index (χ0n) is 15.0. The van der Waals surface area contributed by atoms with Gasteiger partial charge in [-0.1, -0.05) is 25.2 Å². The maximum absolute atomic E-state index is 11.6. The molecule has 0 unspecified atom stereocenters. The van der Waals surface area contributed by atoms with E-state index in [0.717, 1.165) is 17.7 Å². The number of nitrogens with zero attached hydrogens (tertiary/aromatic N) is 2. The summed E-state index contributed by atoms with van der Waals surface area (Å²) in [5, 5.41) is 17.5. The second kappa shape index (κ2) is 8.05. The number of aromatic hydroxyl groups is 1. The monoisotopic (exact) mass is 384 g/mol. The van der Waals surface area contributed by atoms with Crippen LogP contribution in [0, 0.1) is 0 Å². The molecule has 7 nitrogen and oxygen atoms in total. The normalized spacial score (nSPS) is 13.3. The van der Waals surface area contributed by atoms with Gasteiger partial charge in [0.25, 0.3) is 5.91 Å². The van der Waals surface area contributed by atoms with Crippen LogP contribution in [-0.4, -0.2) is 36.0 Å². The highest BCUT2D eigenvalue weighted by Gasteiger charge is 2.20. The molecule has 140 valence electrons. The maximum atomic E-state index is 11.6. The molecular weight excluding hydrogens is 364 g/mol. The van der Waals surface area contributed by atoms with E-state index in [1.54, 1.807) is 23.1 Å². The van der Waals surface area contributed by atoms with E-state index in [1.165, 1.54) is 5.49 Å². The molecule has 3 N–H and O–H groups in total. The minimum atomic E-state index is -0.202. The molecular formula is C19H20N4O3S. The van der Waals surface area contributed by atoms with Crippen LogP contribution in [0.2, 0.25) is 0 Å². The minimum absolute atomic E-state index is 0.00512. The number of anilines is 2. The molecule has 0 spiro atoms. The highest BCUT2D eigenvalue weighted by Crippen LogP contribution is 2.33. The van der Waals surface area contributed by atoms with Crippen LogP contribution in [0.15, 0.2) is 41.5 Å². The smallest absolute Gasteiger partial charge is 0.262 e. The van der Waals surface area contributed by atoms with Crippen molar-refractivity contribution in [2.75, 3.05) is 23.9 Å². The minimum Gasteiger partial charge on any atom is -0.507 e. The summed E-state index contributed by atoms with van der Waals surface area (Å²) in [7, 11) is 1.81. The number of ether oxygens (including phenoxy) is 1. The Morgan fingerprint density at radius 3 is 2.96 bits per heavy atom. The first-order chi connectivity index (χ1) is 13.0. The number of phenolic OH excluding ortho intramolecular Hbond substituents is 1. The molecule has 1 aliphatic rings. The van der Waals surface area contributed by atoms with Crippen LogP contribution in [0.25, 0.3) is 0 Å². The number of phenols is 1. The van der Waals surface area contributed by atoms with Gasteiger partial charge in [-0.25, -0.2) is 0 Å². The van der Waals surface area contributed by atoms with Gasteiger partial charge in [-0.3, -0.25) is 10.2 Å². The topological polar surface area (TPSA) is 86.2 Å².